The van der Waals surface area contributed by atoms with E-state index in [2.05, 4.69) is 10.6 Å². The van der Waals surface area contributed by atoms with Gasteiger partial charge in [-0.2, -0.15) is 0 Å². The van der Waals surface area contributed by atoms with Crippen LogP contribution in [0.1, 0.15) is 30.9 Å². The summed E-state index contributed by atoms with van der Waals surface area (Å²) in [6, 6.07) is 12.5. The number of anilines is 2. The van der Waals surface area contributed by atoms with Gasteiger partial charge >= 0.3 is 11.8 Å². The molecule has 0 atom stereocenters. The van der Waals surface area contributed by atoms with Gasteiger partial charge in [0.15, 0.2) is 0 Å². The van der Waals surface area contributed by atoms with Crippen molar-refractivity contribution >= 4 is 34.8 Å². The Labute approximate surface area is 140 Å². The van der Waals surface area contributed by atoms with Crippen LogP contribution < -0.4 is 10.6 Å². The van der Waals surface area contributed by atoms with E-state index in [9.17, 15) is 9.59 Å². The maximum absolute atomic E-state index is 12.1. The molecular weight excluding hydrogens is 312 g/mol. The summed E-state index contributed by atoms with van der Waals surface area (Å²) in [7, 11) is 0. The van der Waals surface area contributed by atoms with Crippen molar-refractivity contribution in [3.63, 3.8) is 0 Å². The summed E-state index contributed by atoms with van der Waals surface area (Å²) in [5.74, 6) is -1.17. The van der Waals surface area contributed by atoms with E-state index in [4.69, 9.17) is 11.6 Å². The van der Waals surface area contributed by atoms with E-state index in [1.165, 1.54) is 0 Å². The first-order valence-electron chi connectivity index (χ1n) is 7.36. The zero-order valence-electron chi connectivity index (χ0n) is 13.3. The van der Waals surface area contributed by atoms with E-state index in [0.29, 0.717) is 16.4 Å². The van der Waals surface area contributed by atoms with Gasteiger partial charge < -0.3 is 10.6 Å². The van der Waals surface area contributed by atoms with Crippen molar-refractivity contribution in [1.82, 2.24) is 0 Å². The van der Waals surface area contributed by atoms with E-state index < -0.39 is 11.8 Å². The van der Waals surface area contributed by atoms with Gasteiger partial charge in [0, 0.05) is 16.4 Å². The number of benzene rings is 2. The molecule has 2 aromatic carbocycles. The molecule has 0 heterocycles. The molecule has 0 aliphatic rings. The third-order valence-electron chi connectivity index (χ3n) is 3.47. The van der Waals surface area contributed by atoms with Gasteiger partial charge in [-0.25, -0.2) is 0 Å². The summed E-state index contributed by atoms with van der Waals surface area (Å²) in [6.45, 7) is 5.87. The van der Waals surface area contributed by atoms with Crippen molar-refractivity contribution in [2.75, 3.05) is 10.6 Å². The molecule has 5 heteroatoms. The first kappa shape index (κ1) is 17.0. The first-order chi connectivity index (χ1) is 10.9. The molecule has 23 heavy (non-hydrogen) atoms. The second-order valence-corrected chi connectivity index (χ2v) is 6.05. The molecule has 0 unspecified atom stereocenters. The molecule has 0 fully saturated rings. The number of para-hydroxylation sites is 1. The first-order valence-corrected chi connectivity index (χ1v) is 7.73. The van der Waals surface area contributed by atoms with Crippen LogP contribution in [0.25, 0.3) is 0 Å². The van der Waals surface area contributed by atoms with E-state index in [0.717, 1.165) is 11.1 Å². The minimum absolute atomic E-state index is 0.244. The Morgan fingerprint density at radius 3 is 2.17 bits per heavy atom. The summed E-state index contributed by atoms with van der Waals surface area (Å²) in [5, 5.41) is 5.84. The van der Waals surface area contributed by atoms with Crippen LogP contribution in [-0.2, 0) is 9.59 Å². The predicted molar refractivity (Wildman–Crippen MR) is 94.0 cm³/mol. The number of halogens is 1. The van der Waals surface area contributed by atoms with Crippen LogP contribution in [-0.4, -0.2) is 11.8 Å². The fraction of sp³-hybridized carbons (Fsp3) is 0.222. The maximum atomic E-state index is 12.1. The van der Waals surface area contributed by atoms with Crippen molar-refractivity contribution in [3.8, 4) is 0 Å². The van der Waals surface area contributed by atoms with E-state index in [-0.39, 0.29) is 5.92 Å². The molecule has 0 saturated carbocycles. The van der Waals surface area contributed by atoms with Gasteiger partial charge in [-0.15, -0.1) is 0 Å². The zero-order valence-corrected chi connectivity index (χ0v) is 14.1. The van der Waals surface area contributed by atoms with Gasteiger partial charge in [0.25, 0.3) is 0 Å². The van der Waals surface area contributed by atoms with Crippen molar-refractivity contribution < 1.29 is 9.59 Å². The van der Waals surface area contributed by atoms with Gasteiger partial charge in [-0.3, -0.25) is 9.59 Å². The highest BCUT2D eigenvalue weighted by Crippen LogP contribution is 2.24. The topological polar surface area (TPSA) is 58.2 Å². The average Bonchev–Trinajstić information content (AvgIpc) is 2.50. The number of carbonyl (C=O) groups excluding carboxylic acids is 2. The molecule has 0 spiro atoms. The van der Waals surface area contributed by atoms with Gasteiger partial charge in [0.2, 0.25) is 0 Å². The van der Waals surface area contributed by atoms with E-state index in [1.54, 1.807) is 24.3 Å². The standard InChI is InChI=1S/C18H19ClN2O2/c1-11(2)14-6-4-5-7-16(14)21-18(23)17(22)20-15-9-8-13(19)10-12(15)3/h4-11H,1-3H3,(H,20,22)(H,21,23). The molecule has 0 saturated heterocycles. The lowest BCUT2D eigenvalue weighted by atomic mass is 10.0. The lowest BCUT2D eigenvalue weighted by Crippen LogP contribution is -2.29. The van der Waals surface area contributed by atoms with Crippen LogP contribution in [0, 0.1) is 6.92 Å². The Morgan fingerprint density at radius 1 is 0.957 bits per heavy atom. The molecule has 0 aliphatic carbocycles. The van der Waals surface area contributed by atoms with Crippen molar-refractivity contribution in [3.05, 3.63) is 58.6 Å². The number of rotatable bonds is 3. The minimum Gasteiger partial charge on any atom is -0.318 e. The van der Waals surface area contributed by atoms with Crippen LogP contribution in [0.4, 0.5) is 11.4 Å². The third-order valence-corrected chi connectivity index (χ3v) is 3.71. The third kappa shape index (κ3) is 4.33. The quantitative estimate of drug-likeness (QED) is 0.822. The molecule has 0 radical (unpaired) electrons. The van der Waals surface area contributed by atoms with Gasteiger partial charge in [-0.05, 0) is 48.2 Å². The number of carbonyl (C=O) groups is 2. The van der Waals surface area contributed by atoms with Crippen molar-refractivity contribution in [2.45, 2.75) is 26.7 Å². The van der Waals surface area contributed by atoms with Crippen LogP contribution in [0.5, 0.6) is 0 Å². The summed E-state index contributed by atoms with van der Waals surface area (Å²) < 4.78 is 0. The molecule has 0 bridgehead atoms. The second kappa shape index (κ2) is 7.29. The number of hydrogen-bond acceptors (Lipinski definition) is 2. The molecule has 2 aromatic rings. The van der Waals surface area contributed by atoms with Crippen molar-refractivity contribution in [2.24, 2.45) is 0 Å². The SMILES string of the molecule is Cc1cc(Cl)ccc1NC(=O)C(=O)Nc1ccccc1C(C)C. The van der Waals surface area contributed by atoms with Crippen LogP contribution >= 0.6 is 11.6 Å². The smallest absolute Gasteiger partial charge is 0.314 e. The fourth-order valence-corrected chi connectivity index (χ4v) is 2.47. The molecule has 2 amide bonds. The number of aryl methyl sites for hydroxylation is 1. The van der Waals surface area contributed by atoms with Crippen LogP contribution in [0.15, 0.2) is 42.5 Å². The predicted octanol–water partition coefficient (Wildman–Crippen LogP) is 4.35. The summed E-state index contributed by atoms with van der Waals surface area (Å²) >= 11 is 5.88. The fourth-order valence-electron chi connectivity index (χ4n) is 2.24. The molecular formula is C18H19ClN2O2. The average molecular weight is 331 g/mol. The highest BCUT2D eigenvalue weighted by molar-refractivity contribution is 6.43. The molecule has 2 rings (SSSR count). The maximum Gasteiger partial charge on any atom is 0.314 e. The Bertz CT molecular complexity index is 742. The molecule has 0 aliphatic heterocycles. The number of nitrogens with one attached hydrogen (secondary N) is 2. The molecule has 0 aromatic heterocycles. The molecule has 4 nitrogen and oxygen atoms in total. The minimum atomic E-state index is -0.714. The van der Waals surface area contributed by atoms with Crippen LogP contribution in [0.3, 0.4) is 0 Å². The summed E-state index contributed by atoms with van der Waals surface area (Å²) in [5.41, 5.74) is 2.99. The highest BCUT2D eigenvalue weighted by Gasteiger charge is 2.17. The Morgan fingerprint density at radius 2 is 1.57 bits per heavy atom. The second-order valence-electron chi connectivity index (χ2n) is 5.61. The molecule has 2 N–H and O–H groups in total. The van der Waals surface area contributed by atoms with Crippen molar-refractivity contribution in [1.29, 1.82) is 0 Å². The Balaban J connectivity index is 2.10. The number of amides is 2. The van der Waals surface area contributed by atoms with E-state index >= 15 is 0 Å². The lowest BCUT2D eigenvalue weighted by molar-refractivity contribution is -0.133. The summed E-state index contributed by atoms with van der Waals surface area (Å²) in [6.07, 6.45) is 0. The summed E-state index contributed by atoms with van der Waals surface area (Å²) in [4.78, 5) is 24.2. The normalized spacial score (nSPS) is 10.5. The van der Waals surface area contributed by atoms with E-state index in [1.807, 2.05) is 39.0 Å². The van der Waals surface area contributed by atoms with Gasteiger partial charge in [0.05, 0.1) is 0 Å². The number of hydrogen-bond donors (Lipinski definition) is 2. The van der Waals surface area contributed by atoms with Gasteiger partial charge in [0.1, 0.15) is 0 Å². The molecule has 120 valence electrons. The van der Waals surface area contributed by atoms with Crippen LogP contribution in [0.2, 0.25) is 5.02 Å². The monoisotopic (exact) mass is 330 g/mol. The highest BCUT2D eigenvalue weighted by atomic mass is 35.5. The zero-order chi connectivity index (χ0) is 17.0. The Kier molecular flexibility index (Phi) is 5.40. The lowest BCUT2D eigenvalue weighted by Gasteiger charge is -2.14. The Hall–Kier alpha value is -2.33. The largest absolute Gasteiger partial charge is 0.318 e. The van der Waals surface area contributed by atoms with Gasteiger partial charge in [-0.1, -0.05) is 43.6 Å².